The van der Waals surface area contributed by atoms with Crippen LogP contribution in [0.3, 0.4) is 0 Å². The molecule has 0 fully saturated rings. The van der Waals surface area contributed by atoms with E-state index >= 15 is 0 Å². The SMILES string of the molecule is CCCNC(=O)[C@H](Cc1ccccc1)N(Cc1ccc(Cl)cc1Cl)C(=O)CN(c1cc(Cl)cc(Cl)c1)S(C)(=O)=O. The molecule has 3 rings (SSSR count). The highest BCUT2D eigenvalue weighted by molar-refractivity contribution is 7.92. The van der Waals surface area contributed by atoms with Crippen molar-refractivity contribution in [1.82, 2.24) is 10.2 Å². The highest BCUT2D eigenvalue weighted by Crippen LogP contribution is 2.28. The average molecular weight is 645 g/mol. The summed E-state index contributed by atoms with van der Waals surface area (Å²) in [5.74, 6) is -0.999. The second-order valence-electron chi connectivity index (χ2n) is 9.15. The van der Waals surface area contributed by atoms with Gasteiger partial charge in [0.05, 0.1) is 11.9 Å². The van der Waals surface area contributed by atoms with Crippen LogP contribution in [0.4, 0.5) is 5.69 Å². The Kier molecular flexibility index (Phi) is 11.5. The monoisotopic (exact) mass is 643 g/mol. The Morgan fingerprint density at radius 3 is 2.12 bits per heavy atom. The largest absolute Gasteiger partial charge is 0.354 e. The number of sulfonamides is 1. The molecular formula is C28H29Cl4N3O4S. The molecule has 0 aromatic heterocycles. The molecule has 0 radical (unpaired) electrons. The van der Waals surface area contributed by atoms with Crippen molar-refractivity contribution in [1.29, 1.82) is 0 Å². The van der Waals surface area contributed by atoms with Crippen LogP contribution in [-0.2, 0) is 32.6 Å². The number of carbonyl (C=O) groups is 2. The summed E-state index contributed by atoms with van der Waals surface area (Å²) in [6, 6.07) is 17.4. The van der Waals surface area contributed by atoms with Gasteiger partial charge in [-0.05, 0) is 47.9 Å². The lowest BCUT2D eigenvalue weighted by molar-refractivity contribution is -0.140. The van der Waals surface area contributed by atoms with Gasteiger partial charge < -0.3 is 10.2 Å². The number of nitrogens with zero attached hydrogens (tertiary/aromatic N) is 2. The van der Waals surface area contributed by atoms with Crippen molar-refractivity contribution in [3.8, 4) is 0 Å². The van der Waals surface area contributed by atoms with Crippen LogP contribution in [0.25, 0.3) is 0 Å². The highest BCUT2D eigenvalue weighted by Gasteiger charge is 2.33. The molecule has 1 atom stereocenters. The number of amides is 2. The molecule has 12 heteroatoms. The maximum atomic E-state index is 14.0. The standard InChI is InChI=1S/C28H29Cl4N3O4S/c1-3-11-33-28(37)26(12-19-7-5-4-6-8-19)34(17-20-9-10-21(29)16-25(20)32)27(36)18-35(40(2,38)39)24-14-22(30)13-23(31)15-24/h4-10,13-16,26H,3,11-12,17-18H2,1-2H3,(H,33,37)/t26-/m0/s1. The fraction of sp³-hybridized carbons (Fsp3) is 0.286. The molecule has 0 spiro atoms. The number of carbonyl (C=O) groups excluding carboxylic acids is 2. The fourth-order valence-electron chi connectivity index (χ4n) is 4.05. The predicted molar refractivity (Wildman–Crippen MR) is 163 cm³/mol. The Morgan fingerprint density at radius 1 is 0.900 bits per heavy atom. The molecule has 0 saturated carbocycles. The smallest absolute Gasteiger partial charge is 0.244 e. The minimum atomic E-state index is -3.96. The fourth-order valence-corrected chi connectivity index (χ4v) is 5.87. The van der Waals surface area contributed by atoms with Crippen molar-refractivity contribution in [3.05, 3.63) is 97.9 Å². The second-order valence-corrected chi connectivity index (χ2v) is 12.8. The van der Waals surface area contributed by atoms with E-state index in [1.54, 1.807) is 18.2 Å². The number of rotatable bonds is 12. The third-order valence-electron chi connectivity index (χ3n) is 5.99. The van der Waals surface area contributed by atoms with Crippen LogP contribution in [0.15, 0.2) is 66.7 Å². The number of hydrogen-bond acceptors (Lipinski definition) is 4. The first-order valence-corrected chi connectivity index (χ1v) is 15.7. The van der Waals surface area contributed by atoms with Gasteiger partial charge in [0.2, 0.25) is 21.8 Å². The van der Waals surface area contributed by atoms with Crippen molar-refractivity contribution in [2.45, 2.75) is 32.4 Å². The van der Waals surface area contributed by atoms with Crippen molar-refractivity contribution in [2.75, 3.05) is 23.7 Å². The van der Waals surface area contributed by atoms with Gasteiger partial charge in [0.1, 0.15) is 12.6 Å². The molecule has 7 nitrogen and oxygen atoms in total. The normalized spacial score (nSPS) is 12.1. The maximum absolute atomic E-state index is 14.0. The Labute approximate surface area is 255 Å². The van der Waals surface area contributed by atoms with Crippen LogP contribution in [0, 0.1) is 0 Å². The van der Waals surface area contributed by atoms with E-state index < -0.39 is 28.5 Å². The van der Waals surface area contributed by atoms with Crippen LogP contribution in [-0.4, -0.2) is 50.5 Å². The number of hydrogen-bond donors (Lipinski definition) is 1. The Hall–Kier alpha value is -2.49. The molecule has 0 heterocycles. The molecule has 0 saturated heterocycles. The van der Waals surface area contributed by atoms with Crippen molar-refractivity contribution >= 4 is 73.9 Å². The van der Waals surface area contributed by atoms with Crippen LogP contribution in [0.2, 0.25) is 20.1 Å². The summed E-state index contributed by atoms with van der Waals surface area (Å²) >= 11 is 24.8. The van der Waals surface area contributed by atoms with E-state index in [2.05, 4.69) is 5.32 Å². The van der Waals surface area contributed by atoms with Crippen LogP contribution < -0.4 is 9.62 Å². The Bertz CT molecular complexity index is 1430. The van der Waals surface area contributed by atoms with Crippen molar-refractivity contribution in [2.24, 2.45) is 0 Å². The van der Waals surface area contributed by atoms with Gasteiger partial charge in [-0.15, -0.1) is 0 Å². The Morgan fingerprint density at radius 2 is 1.55 bits per heavy atom. The lowest BCUT2D eigenvalue weighted by atomic mass is 10.0. The van der Waals surface area contributed by atoms with E-state index in [4.69, 9.17) is 46.4 Å². The third-order valence-corrected chi connectivity index (χ3v) is 8.15. The molecule has 40 heavy (non-hydrogen) atoms. The van der Waals surface area contributed by atoms with Gasteiger partial charge >= 0.3 is 0 Å². The van der Waals surface area contributed by atoms with E-state index in [1.807, 2.05) is 37.3 Å². The van der Waals surface area contributed by atoms with Gasteiger partial charge in [0.25, 0.3) is 0 Å². The van der Waals surface area contributed by atoms with E-state index in [-0.39, 0.29) is 34.6 Å². The van der Waals surface area contributed by atoms with Gasteiger partial charge in [0.15, 0.2) is 0 Å². The van der Waals surface area contributed by atoms with E-state index in [0.717, 1.165) is 16.1 Å². The summed E-state index contributed by atoms with van der Waals surface area (Å²) < 4.78 is 26.6. The van der Waals surface area contributed by atoms with E-state index in [1.165, 1.54) is 23.1 Å². The van der Waals surface area contributed by atoms with E-state index in [0.29, 0.717) is 28.6 Å². The Balaban J connectivity index is 2.09. The maximum Gasteiger partial charge on any atom is 0.244 e. The third kappa shape index (κ3) is 9.01. The topological polar surface area (TPSA) is 86.8 Å². The first-order chi connectivity index (χ1) is 18.9. The lowest BCUT2D eigenvalue weighted by Crippen LogP contribution is -2.53. The quantitative estimate of drug-likeness (QED) is 0.253. The number of benzene rings is 3. The first kappa shape index (κ1) is 32.0. The molecule has 0 bridgehead atoms. The van der Waals surface area contributed by atoms with Gasteiger partial charge in [-0.3, -0.25) is 13.9 Å². The van der Waals surface area contributed by atoms with Gasteiger partial charge in [0, 0.05) is 39.6 Å². The molecule has 0 aliphatic heterocycles. The van der Waals surface area contributed by atoms with Crippen LogP contribution in [0.1, 0.15) is 24.5 Å². The number of halogens is 4. The van der Waals surface area contributed by atoms with Gasteiger partial charge in [-0.1, -0.05) is 89.7 Å². The average Bonchev–Trinajstić information content (AvgIpc) is 2.88. The first-order valence-electron chi connectivity index (χ1n) is 12.4. The molecule has 3 aromatic carbocycles. The number of nitrogens with one attached hydrogen (secondary N) is 1. The summed E-state index contributed by atoms with van der Waals surface area (Å²) in [5.41, 5.74) is 1.48. The van der Waals surface area contributed by atoms with E-state index in [9.17, 15) is 18.0 Å². The molecule has 2 amide bonds. The molecule has 0 aliphatic carbocycles. The summed E-state index contributed by atoms with van der Waals surface area (Å²) in [6.07, 6.45) is 1.86. The summed E-state index contributed by atoms with van der Waals surface area (Å²) in [7, 11) is -3.96. The zero-order chi connectivity index (χ0) is 29.4. The van der Waals surface area contributed by atoms with Gasteiger partial charge in [-0.25, -0.2) is 8.42 Å². The minimum absolute atomic E-state index is 0.0697. The highest BCUT2D eigenvalue weighted by atomic mass is 35.5. The lowest BCUT2D eigenvalue weighted by Gasteiger charge is -2.33. The molecular weight excluding hydrogens is 616 g/mol. The summed E-state index contributed by atoms with van der Waals surface area (Å²) in [6.45, 7) is 1.65. The molecule has 214 valence electrons. The van der Waals surface area contributed by atoms with Crippen molar-refractivity contribution < 1.29 is 18.0 Å². The zero-order valence-corrected chi connectivity index (χ0v) is 25.8. The number of anilines is 1. The summed E-state index contributed by atoms with van der Waals surface area (Å²) in [4.78, 5) is 28.9. The molecule has 0 unspecified atom stereocenters. The van der Waals surface area contributed by atoms with Crippen molar-refractivity contribution in [3.63, 3.8) is 0 Å². The molecule has 1 N–H and O–H groups in total. The predicted octanol–water partition coefficient (Wildman–Crippen LogP) is 6.23. The zero-order valence-electron chi connectivity index (χ0n) is 21.9. The van der Waals surface area contributed by atoms with Crippen LogP contribution in [0.5, 0.6) is 0 Å². The van der Waals surface area contributed by atoms with Gasteiger partial charge in [-0.2, -0.15) is 0 Å². The second kappa shape index (κ2) is 14.4. The summed E-state index contributed by atoms with van der Waals surface area (Å²) in [5, 5.41) is 4.00. The molecule has 0 aliphatic rings. The molecule has 3 aromatic rings. The van der Waals surface area contributed by atoms with Crippen LogP contribution >= 0.6 is 46.4 Å². The minimum Gasteiger partial charge on any atom is -0.354 e.